The molecule has 39 heavy (non-hydrogen) atoms. The van der Waals surface area contributed by atoms with Crippen molar-refractivity contribution in [1.82, 2.24) is 20.5 Å². The summed E-state index contributed by atoms with van der Waals surface area (Å²) in [5.41, 5.74) is 5.14. The summed E-state index contributed by atoms with van der Waals surface area (Å²) in [5.74, 6) is 0.995. The van der Waals surface area contributed by atoms with E-state index in [1.54, 1.807) is 37.4 Å². The fourth-order valence-electron chi connectivity index (χ4n) is 5.41. The molecule has 4 heterocycles. The number of carbonyl (C=O) groups excluding carboxylic acids is 1. The van der Waals surface area contributed by atoms with Gasteiger partial charge in [-0.15, -0.1) is 0 Å². The number of benzene rings is 1. The molecule has 3 aromatic rings. The molecule has 1 fully saturated rings. The number of aryl methyl sites for hydroxylation is 1. The van der Waals surface area contributed by atoms with Gasteiger partial charge in [0.25, 0.3) is 5.91 Å². The highest BCUT2D eigenvalue weighted by Crippen LogP contribution is 2.43. The monoisotopic (exact) mass is 534 g/mol. The van der Waals surface area contributed by atoms with Crippen LogP contribution in [0, 0.1) is 12.7 Å². The number of hydrogen-bond donors (Lipinski definition) is 1. The van der Waals surface area contributed by atoms with E-state index in [1.165, 1.54) is 7.11 Å². The van der Waals surface area contributed by atoms with Gasteiger partial charge in [-0.1, -0.05) is 19.9 Å². The number of fused-ring (bicyclic) bond motifs is 1. The minimum atomic E-state index is -0.472. The van der Waals surface area contributed by atoms with Gasteiger partial charge in [-0.3, -0.25) is 9.63 Å². The maximum atomic E-state index is 14.3. The third-order valence-corrected chi connectivity index (χ3v) is 7.48. The maximum absolute atomic E-state index is 14.3. The van der Waals surface area contributed by atoms with Crippen LogP contribution < -0.4 is 20.3 Å². The first-order chi connectivity index (χ1) is 18.5. The lowest BCUT2D eigenvalue weighted by molar-refractivity contribution is -0.0796. The van der Waals surface area contributed by atoms with Crippen molar-refractivity contribution >= 4 is 23.1 Å². The van der Waals surface area contributed by atoms with Crippen molar-refractivity contribution in [3.63, 3.8) is 0 Å². The highest BCUT2D eigenvalue weighted by molar-refractivity contribution is 5.94. The van der Waals surface area contributed by atoms with Gasteiger partial charge >= 0.3 is 0 Å². The molecule has 0 saturated carbocycles. The maximum Gasteiger partial charge on any atom is 0.273 e. The van der Waals surface area contributed by atoms with Crippen LogP contribution in [0.3, 0.4) is 0 Å². The Morgan fingerprint density at radius 3 is 2.56 bits per heavy atom. The summed E-state index contributed by atoms with van der Waals surface area (Å²) >= 11 is 0. The minimum Gasteiger partial charge on any atom is -0.383 e. The summed E-state index contributed by atoms with van der Waals surface area (Å²) in [6, 6.07) is 12.6. The number of nitrogens with one attached hydrogen (secondary N) is 1. The third-order valence-electron chi connectivity index (χ3n) is 7.48. The molecule has 1 amide bonds. The number of carbonyl (C=O) groups is 1. The molecule has 0 spiro atoms. The summed E-state index contributed by atoms with van der Waals surface area (Å²) < 4.78 is 14.3. The summed E-state index contributed by atoms with van der Waals surface area (Å²) in [6.45, 7) is 12.4. The van der Waals surface area contributed by atoms with E-state index in [-0.39, 0.29) is 17.1 Å². The van der Waals surface area contributed by atoms with E-state index in [9.17, 15) is 9.18 Å². The van der Waals surface area contributed by atoms with E-state index < -0.39 is 5.54 Å². The van der Waals surface area contributed by atoms with Gasteiger partial charge in [0.2, 0.25) is 0 Å². The van der Waals surface area contributed by atoms with Gasteiger partial charge < -0.3 is 19.5 Å². The van der Waals surface area contributed by atoms with Crippen LogP contribution >= 0.6 is 0 Å². The van der Waals surface area contributed by atoms with Crippen molar-refractivity contribution in [1.29, 1.82) is 0 Å². The number of nitrogens with zero attached hydrogens (tertiary/aromatic N) is 5. The molecular weight excluding hydrogens is 499 g/mol. The Labute approximate surface area is 228 Å². The second kappa shape index (κ2) is 10.1. The Hall–Kier alpha value is -3.76. The van der Waals surface area contributed by atoms with Gasteiger partial charge in [-0.2, -0.15) is 0 Å². The average Bonchev–Trinajstić information content (AvgIpc) is 3.18. The first-order valence-corrected chi connectivity index (χ1v) is 13.0. The van der Waals surface area contributed by atoms with Crippen LogP contribution in [0.15, 0.2) is 48.7 Å². The molecule has 0 aliphatic carbocycles. The quantitative estimate of drug-likeness (QED) is 0.462. The predicted molar refractivity (Wildman–Crippen MR) is 148 cm³/mol. The van der Waals surface area contributed by atoms with Crippen molar-refractivity contribution in [3.8, 4) is 5.75 Å². The van der Waals surface area contributed by atoms with E-state index >= 15 is 0 Å². The van der Waals surface area contributed by atoms with Crippen molar-refractivity contribution < 1.29 is 18.9 Å². The van der Waals surface area contributed by atoms with Crippen molar-refractivity contribution in [2.75, 3.05) is 43.1 Å². The SMILES string of the molecule is CONOc1ccnc(N2CCN(C(=O)c3ccc4c(n3)C(C)(C)CN4c3ccc(C)c(F)c3)C(C)(C)C2)c1. The van der Waals surface area contributed by atoms with Crippen LogP contribution in [0.5, 0.6) is 5.75 Å². The molecule has 9 nitrogen and oxygen atoms in total. The zero-order valence-corrected chi connectivity index (χ0v) is 23.3. The van der Waals surface area contributed by atoms with Crippen LogP contribution in [0.1, 0.15) is 49.4 Å². The molecule has 2 aromatic heterocycles. The molecule has 206 valence electrons. The molecule has 0 unspecified atom stereocenters. The number of halogens is 1. The topological polar surface area (TPSA) is 83.1 Å². The predicted octanol–water partition coefficient (Wildman–Crippen LogP) is 4.54. The number of anilines is 3. The fourth-order valence-corrected chi connectivity index (χ4v) is 5.41. The molecule has 2 aliphatic rings. The Morgan fingerprint density at radius 1 is 1.05 bits per heavy atom. The van der Waals surface area contributed by atoms with Gasteiger partial charge in [0, 0.05) is 55.6 Å². The molecule has 1 N–H and O–H groups in total. The number of rotatable bonds is 6. The summed E-state index contributed by atoms with van der Waals surface area (Å²) in [7, 11) is 1.47. The number of pyridine rings is 2. The van der Waals surface area contributed by atoms with Crippen LogP contribution in [-0.4, -0.2) is 59.6 Å². The largest absolute Gasteiger partial charge is 0.383 e. The number of amides is 1. The van der Waals surface area contributed by atoms with Gasteiger partial charge in [0.15, 0.2) is 5.75 Å². The number of hydrogen-bond acceptors (Lipinski definition) is 8. The van der Waals surface area contributed by atoms with Crippen LogP contribution in [-0.2, 0) is 10.3 Å². The molecule has 1 aromatic carbocycles. The summed E-state index contributed by atoms with van der Waals surface area (Å²) in [4.78, 5) is 39.4. The summed E-state index contributed by atoms with van der Waals surface area (Å²) in [6.07, 6.45) is 1.68. The number of aromatic nitrogens is 2. The molecule has 2 aliphatic heterocycles. The number of piperazine rings is 1. The zero-order valence-electron chi connectivity index (χ0n) is 23.3. The van der Waals surface area contributed by atoms with E-state index in [0.29, 0.717) is 43.2 Å². The van der Waals surface area contributed by atoms with Gasteiger partial charge in [0.05, 0.1) is 24.0 Å². The second-order valence-electron chi connectivity index (χ2n) is 11.4. The van der Waals surface area contributed by atoms with Crippen molar-refractivity contribution in [2.45, 2.75) is 45.6 Å². The Balaban J connectivity index is 1.36. The normalized spacial score (nSPS) is 17.8. The lowest BCUT2D eigenvalue weighted by atomic mass is 9.91. The van der Waals surface area contributed by atoms with E-state index in [1.807, 2.05) is 23.1 Å². The first-order valence-electron chi connectivity index (χ1n) is 13.0. The third kappa shape index (κ3) is 5.14. The standard InChI is InChI=1S/C29H35FN6O3/c1-19-7-8-20(15-22(19)30)35-17-28(2,3)26-24(35)10-9-23(32-26)27(37)36-14-13-34(18-29(36,4)5)25-16-21(11-12-31-25)39-33-38-6/h7-12,15-16,33H,13-14,17-18H2,1-6H3. The Bertz CT molecular complexity index is 1400. The highest BCUT2D eigenvalue weighted by atomic mass is 19.1. The average molecular weight is 535 g/mol. The minimum absolute atomic E-state index is 0.104. The van der Waals surface area contributed by atoms with Crippen LogP contribution in [0.2, 0.25) is 0 Å². The first kappa shape index (κ1) is 26.8. The second-order valence-corrected chi connectivity index (χ2v) is 11.4. The zero-order chi connectivity index (χ0) is 27.9. The highest BCUT2D eigenvalue weighted by Gasteiger charge is 2.41. The van der Waals surface area contributed by atoms with E-state index in [0.717, 1.165) is 22.9 Å². The lowest BCUT2D eigenvalue weighted by Gasteiger charge is -2.47. The summed E-state index contributed by atoms with van der Waals surface area (Å²) in [5, 5.41) is 0. The Kier molecular flexibility index (Phi) is 6.94. The fraction of sp³-hybridized carbons (Fsp3) is 0.414. The van der Waals surface area contributed by atoms with Crippen LogP contribution in [0.4, 0.5) is 21.6 Å². The van der Waals surface area contributed by atoms with Gasteiger partial charge in [-0.25, -0.2) is 14.4 Å². The van der Waals surface area contributed by atoms with Gasteiger partial charge in [0.1, 0.15) is 17.3 Å². The van der Waals surface area contributed by atoms with Gasteiger partial charge in [-0.05, 0) is 56.2 Å². The van der Waals surface area contributed by atoms with Crippen molar-refractivity contribution in [2.24, 2.45) is 0 Å². The molecule has 1 saturated heterocycles. The van der Waals surface area contributed by atoms with E-state index in [2.05, 4.69) is 48.1 Å². The molecule has 0 atom stereocenters. The Morgan fingerprint density at radius 2 is 1.85 bits per heavy atom. The molecular formula is C29H35FN6O3. The molecule has 10 heteroatoms. The molecule has 0 radical (unpaired) electrons. The van der Waals surface area contributed by atoms with E-state index in [4.69, 9.17) is 14.7 Å². The lowest BCUT2D eigenvalue weighted by Crippen LogP contribution is -2.61. The molecule has 0 bridgehead atoms. The smallest absolute Gasteiger partial charge is 0.273 e. The van der Waals surface area contributed by atoms with Crippen LogP contribution in [0.25, 0.3) is 0 Å². The van der Waals surface area contributed by atoms with Crippen molar-refractivity contribution in [3.05, 3.63) is 71.4 Å². The molecule has 5 rings (SSSR count).